The van der Waals surface area contributed by atoms with E-state index in [1.807, 2.05) is 24.3 Å². The number of aromatic nitrogens is 1. The van der Waals surface area contributed by atoms with Crippen molar-refractivity contribution in [2.45, 2.75) is 32.7 Å². The summed E-state index contributed by atoms with van der Waals surface area (Å²) in [7, 11) is 0. The molecule has 0 radical (unpaired) electrons. The van der Waals surface area contributed by atoms with Crippen LogP contribution in [0.3, 0.4) is 0 Å². The molecule has 28 heavy (non-hydrogen) atoms. The number of rotatable bonds is 5. The molecule has 1 atom stereocenters. The molecule has 1 saturated heterocycles. The highest BCUT2D eigenvalue weighted by Crippen LogP contribution is 2.26. The molecule has 2 amide bonds. The van der Waals surface area contributed by atoms with Crippen molar-refractivity contribution >= 4 is 23.4 Å². The third-order valence-electron chi connectivity index (χ3n) is 5.25. The lowest BCUT2D eigenvalue weighted by Crippen LogP contribution is -2.44. The maximum absolute atomic E-state index is 12.8. The summed E-state index contributed by atoms with van der Waals surface area (Å²) in [5.74, 6) is 0.221. The fourth-order valence-corrected chi connectivity index (χ4v) is 3.72. The van der Waals surface area contributed by atoms with Crippen LogP contribution in [0.1, 0.15) is 48.7 Å². The Balaban J connectivity index is 1.58. The Hall–Kier alpha value is -2.40. The Labute approximate surface area is 171 Å². The lowest BCUT2D eigenvalue weighted by atomic mass is 9.92. The van der Waals surface area contributed by atoms with Crippen molar-refractivity contribution in [1.29, 1.82) is 0 Å². The second kappa shape index (κ2) is 9.20. The molecule has 148 valence electrons. The second-order valence-corrected chi connectivity index (χ2v) is 8.03. The van der Waals surface area contributed by atoms with Gasteiger partial charge < -0.3 is 10.2 Å². The fourth-order valence-electron chi connectivity index (χ4n) is 3.59. The first-order chi connectivity index (χ1) is 13.5. The molecule has 1 fully saturated rings. The average molecular weight is 400 g/mol. The van der Waals surface area contributed by atoms with Crippen molar-refractivity contribution in [1.82, 2.24) is 15.2 Å². The summed E-state index contributed by atoms with van der Waals surface area (Å²) in [6.45, 7) is 5.35. The Morgan fingerprint density at radius 3 is 2.39 bits per heavy atom. The smallest absolute Gasteiger partial charge is 0.255 e. The van der Waals surface area contributed by atoms with Crippen LogP contribution in [0.5, 0.6) is 0 Å². The minimum absolute atomic E-state index is 0.0202. The number of carbonyl (C=O) groups excluding carboxylic acids is 2. The van der Waals surface area contributed by atoms with Gasteiger partial charge in [0.05, 0.1) is 11.6 Å². The van der Waals surface area contributed by atoms with Gasteiger partial charge in [-0.15, -0.1) is 0 Å². The van der Waals surface area contributed by atoms with E-state index in [-0.39, 0.29) is 29.7 Å². The predicted octanol–water partition coefficient (Wildman–Crippen LogP) is 4.10. The van der Waals surface area contributed by atoms with E-state index in [0.29, 0.717) is 36.5 Å². The van der Waals surface area contributed by atoms with Crippen LogP contribution in [-0.4, -0.2) is 34.8 Å². The van der Waals surface area contributed by atoms with E-state index in [0.717, 1.165) is 5.56 Å². The van der Waals surface area contributed by atoms with E-state index < -0.39 is 0 Å². The van der Waals surface area contributed by atoms with Crippen LogP contribution < -0.4 is 5.32 Å². The Morgan fingerprint density at radius 1 is 1.14 bits per heavy atom. The zero-order chi connectivity index (χ0) is 20.1. The Kier molecular flexibility index (Phi) is 6.68. The highest BCUT2D eigenvalue weighted by Gasteiger charge is 2.29. The van der Waals surface area contributed by atoms with Gasteiger partial charge in [0.15, 0.2) is 0 Å². The summed E-state index contributed by atoms with van der Waals surface area (Å²) in [4.78, 5) is 31.2. The fraction of sp³-hybridized carbons (Fsp3) is 0.409. The number of carbonyl (C=O) groups is 2. The molecule has 3 rings (SSSR count). The molecular formula is C22H26ClN3O2. The standard InChI is InChI=1S/C22H26ClN3O2/c1-15(2)20(16-5-7-19(23)8-6-16)25-21(27)17-9-12-26(13-10-17)22(28)18-4-3-11-24-14-18/h3-8,11,14-15,17,20H,9-10,12-13H2,1-2H3,(H,25,27). The Bertz CT molecular complexity index is 800. The van der Waals surface area contributed by atoms with Gasteiger partial charge in [0.1, 0.15) is 0 Å². The number of hydrogen-bond acceptors (Lipinski definition) is 3. The first kappa shape index (κ1) is 20.3. The summed E-state index contributed by atoms with van der Waals surface area (Å²) in [6.07, 6.45) is 4.58. The first-order valence-electron chi connectivity index (χ1n) is 9.71. The molecule has 1 unspecified atom stereocenters. The number of benzene rings is 1. The van der Waals surface area contributed by atoms with Gasteiger partial charge in [0.2, 0.25) is 5.91 Å². The molecule has 1 aliphatic rings. The number of amides is 2. The van der Waals surface area contributed by atoms with Crippen molar-refractivity contribution in [2.24, 2.45) is 11.8 Å². The molecule has 0 aliphatic carbocycles. The first-order valence-corrected chi connectivity index (χ1v) is 10.1. The number of likely N-dealkylation sites (tertiary alicyclic amines) is 1. The third-order valence-corrected chi connectivity index (χ3v) is 5.51. The molecule has 6 heteroatoms. The van der Waals surface area contributed by atoms with E-state index in [1.165, 1.54) is 0 Å². The van der Waals surface area contributed by atoms with Gasteiger partial charge in [0, 0.05) is 36.4 Å². The van der Waals surface area contributed by atoms with E-state index >= 15 is 0 Å². The third kappa shape index (κ3) is 4.90. The molecule has 1 N–H and O–H groups in total. The lowest BCUT2D eigenvalue weighted by molar-refractivity contribution is -0.127. The minimum Gasteiger partial charge on any atom is -0.349 e. The molecule has 1 aromatic carbocycles. The summed E-state index contributed by atoms with van der Waals surface area (Å²) < 4.78 is 0. The van der Waals surface area contributed by atoms with Crippen LogP contribution in [-0.2, 0) is 4.79 Å². The topological polar surface area (TPSA) is 62.3 Å². The van der Waals surface area contributed by atoms with Crippen LogP contribution in [0.25, 0.3) is 0 Å². The van der Waals surface area contributed by atoms with Gasteiger partial charge in [-0.05, 0) is 48.6 Å². The number of pyridine rings is 1. The molecular weight excluding hydrogens is 374 g/mol. The van der Waals surface area contributed by atoms with Crippen LogP contribution in [0.15, 0.2) is 48.8 Å². The highest BCUT2D eigenvalue weighted by molar-refractivity contribution is 6.30. The largest absolute Gasteiger partial charge is 0.349 e. The number of hydrogen-bond donors (Lipinski definition) is 1. The number of nitrogens with one attached hydrogen (secondary N) is 1. The van der Waals surface area contributed by atoms with Gasteiger partial charge in [-0.1, -0.05) is 37.6 Å². The SMILES string of the molecule is CC(C)C(NC(=O)C1CCN(C(=O)c2cccnc2)CC1)c1ccc(Cl)cc1. The molecule has 2 aromatic rings. The zero-order valence-corrected chi connectivity index (χ0v) is 17.0. The van der Waals surface area contributed by atoms with E-state index in [4.69, 9.17) is 11.6 Å². The summed E-state index contributed by atoms with van der Waals surface area (Å²) in [6, 6.07) is 11.1. The molecule has 0 saturated carbocycles. The van der Waals surface area contributed by atoms with Crippen molar-refractivity contribution in [2.75, 3.05) is 13.1 Å². The second-order valence-electron chi connectivity index (χ2n) is 7.59. The number of piperidine rings is 1. The van der Waals surface area contributed by atoms with Gasteiger partial charge >= 0.3 is 0 Å². The van der Waals surface area contributed by atoms with Crippen molar-refractivity contribution in [3.63, 3.8) is 0 Å². The monoisotopic (exact) mass is 399 g/mol. The minimum atomic E-state index is -0.0773. The molecule has 1 aromatic heterocycles. The summed E-state index contributed by atoms with van der Waals surface area (Å²) >= 11 is 5.98. The normalized spacial score (nSPS) is 16.1. The molecule has 0 bridgehead atoms. The molecule has 0 spiro atoms. The van der Waals surface area contributed by atoms with Gasteiger partial charge in [-0.3, -0.25) is 14.6 Å². The van der Waals surface area contributed by atoms with Crippen LogP contribution in [0, 0.1) is 11.8 Å². The van der Waals surface area contributed by atoms with Gasteiger partial charge in [0.25, 0.3) is 5.91 Å². The Morgan fingerprint density at radius 2 is 1.82 bits per heavy atom. The quantitative estimate of drug-likeness (QED) is 0.823. The molecule has 2 heterocycles. The highest BCUT2D eigenvalue weighted by atomic mass is 35.5. The maximum atomic E-state index is 12.8. The van der Waals surface area contributed by atoms with E-state index in [2.05, 4.69) is 24.1 Å². The number of nitrogens with zero attached hydrogens (tertiary/aromatic N) is 2. The van der Waals surface area contributed by atoms with E-state index in [9.17, 15) is 9.59 Å². The summed E-state index contributed by atoms with van der Waals surface area (Å²) in [5.41, 5.74) is 1.64. The van der Waals surface area contributed by atoms with Crippen LogP contribution in [0.4, 0.5) is 0 Å². The van der Waals surface area contributed by atoms with Gasteiger partial charge in [-0.25, -0.2) is 0 Å². The van der Waals surface area contributed by atoms with Crippen LogP contribution >= 0.6 is 11.6 Å². The van der Waals surface area contributed by atoms with Gasteiger partial charge in [-0.2, -0.15) is 0 Å². The van der Waals surface area contributed by atoms with Crippen molar-refractivity contribution in [3.05, 3.63) is 64.9 Å². The van der Waals surface area contributed by atoms with E-state index in [1.54, 1.807) is 29.4 Å². The lowest BCUT2D eigenvalue weighted by Gasteiger charge is -2.33. The summed E-state index contributed by atoms with van der Waals surface area (Å²) in [5, 5.41) is 3.89. The van der Waals surface area contributed by atoms with Crippen LogP contribution in [0.2, 0.25) is 5.02 Å². The average Bonchev–Trinajstić information content (AvgIpc) is 2.72. The predicted molar refractivity (Wildman–Crippen MR) is 110 cm³/mol. The molecule has 1 aliphatic heterocycles. The number of halogens is 1. The van der Waals surface area contributed by atoms with Crippen molar-refractivity contribution in [3.8, 4) is 0 Å². The molecule has 5 nitrogen and oxygen atoms in total. The zero-order valence-electron chi connectivity index (χ0n) is 16.3. The van der Waals surface area contributed by atoms with Crippen molar-refractivity contribution < 1.29 is 9.59 Å². The maximum Gasteiger partial charge on any atom is 0.255 e.